The van der Waals surface area contributed by atoms with E-state index in [0.717, 1.165) is 34.6 Å². The number of pyridine rings is 1. The first-order valence-electron chi connectivity index (χ1n) is 7.85. The lowest BCUT2D eigenvalue weighted by atomic mass is 10.0. The van der Waals surface area contributed by atoms with E-state index in [1.807, 2.05) is 58.2 Å². The van der Waals surface area contributed by atoms with Crippen LogP contribution in [-0.4, -0.2) is 18.0 Å². The van der Waals surface area contributed by atoms with Crippen molar-refractivity contribution in [1.29, 1.82) is 0 Å². The van der Waals surface area contributed by atoms with Gasteiger partial charge in [-0.1, -0.05) is 13.0 Å². The van der Waals surface area contributed by atoms with Crippen LogP contribution in [0.15, 0.2) is 30.5 Å². The summed E-state index contributed by atoms with van der Waals surface area (Å²) >= 11 is 0. The van der Waals surface area contributed by atoms with Gasteiger partial charge in [-0.25, -0.2) is 0 Å². The maximum atomic E-state index is 12.6. The molecule has 2 aromatic rings. The molecule has 23 heavy (non-hydrogen) atoms. The topological polar surface area (TPSA) is 51.2 Å². The SMILES string of the molecule is CC[C@H](NC(=O)c1cc(C)c(OC)c(C)c1)c1ccc(C)cn1. The zero-order chi connectivity index (χ0) is 17.0. The molecular weight excluding hydrogens is 288 g/mol. The van der Waals surface area contributed by atoms with Gasteiger partial charge in [-0.3, -0.25) is 9.78 Å². The lowest BCUT2D eigenvalue weighted by molar-refractivity contribution is 0.0934. The fourth-order valence-electron chi connectivity index (χ4n) is 2.72. The number of nitrogens with one attached hydrogen (secondary N) is 1. The number of hydrogen-bond donors (Lipinski definition) is 1. The third kappa shape index (κ3) is 3.89. The summed E-state index contributed by atoms with van der Waals surface area (Å²) in [6.07, 6.45) is 2.61. The number of aromatic nitrogens is 1. The van der Waals surface area contributed by atoms with Crippen LogP contribution in [0.1, 0.15) is 52.1 Å². The van der Waals surface area contributed by atoms with E-state index < -0.39 is 0 Å². The highest BCUT2D eigenvalue weighted by Gasteiger charge is 2.17. The van der Waals surface area contributed by atoms with Gasteiger partial charge in [0, 0.05) is 11.8 Å². The van der Waals surface area contributed by atoms with Crippen LogP contribution < -0.4 is 10.1 Å². The summed E-state index contributed by atoms with van der Waals surface area (Å²) in [5.41, 5.74) is 4.55. The molecule has 1 heterocycles. The van der Waals surface area contributed by atoms with Gasteiger partial charge in [0.1, 0.15) is 5.75 Å². The van der Waals surface area contributed by atoms with Crippen LogP contribution in [0.2, 0.25) is 0 Å². The summed E-state index contributed by atoms with van der Waals surface area (Å²) < 4.78 is 5.35. The maximum absolute atomic E-state index is 12.6. The highest BCUT2D eigenvalue weighted by atomic mass is 16.5. The number of carbonyl (C=O) groups is 1. The average Bonchev–Trinajstić information content (AvgIpc) is 2.53. The van der Waals surface area contributed by atoms with Gasteiger partial charge < -0.3 is 10.1 Å². The zero-order valence-electron chi connectivity index (χ0n) is 14.4. The maximum Gasteiger partial charge on any atom is 0.251 e. The molecule has 1 aromatic heterocycles. The minimum absolute atomic E-state index is 0.0897. The van der Waals surface area contributed by atoms with Crippen LogP contribution in [0.25, 0.3) is 0 Å². The largest absolute Gasteiger partial charge is 0.496 e. The molecule has 1 N–H and O–H groups in total. The Labute approximate surface area is 137 Å². The smallest absolute Gasteiger partial charge is 0.251 e. The molecule has 2 rings (SSSR count). The van der Waals surface area contributed by atoms with Crippen molar-refractivity contribution in [3.63, 3.8) is 0 Å². The molecular formula is C19H24N2O2. The van der Waals surface area contributed by atoms with E-state index in [-0.39, 0.29) is 11.9 Å². The molecule has 4 nitrogen and oxygen atoms in total. The highest BCUT2D eigenvalue weighted by Crippen LogP contribution is 2.25. The first-order chi connectivity index (χ1) is 11.0. The van der Waals surface area contributed by atoms with E-state index in [2.05, 4.69) is 10.3 Å². The van der Waals surface area contributed by atoms with Crippen LogP contribution >= 0.6 is 0 Å². The molecule has 0 saturated heterocycles. The minimum Gasteiger partial charge on any atom is -0.496 e. The molecule has 0 unspecified atom stereocenters. The van der Waals surface area contributed by atoms with Gasteiger partial charge in [0.2, 0.25) is 0 Å². The fourth-order valence-corrected chi connectivity index (χ4v) is 2.72. The van der Waals surface area contributed by atoms with Crippen LogP contribution in [0.3, 0.4) is 0 Å². The van der Waals surface area contributed by atoms with Crippen LogP contribution in [-0.2, 0) is 0 Å². The third-order valence-electron chi connectivity index (χ3n) is 3.93. The Balaban J connectivity index is 2.21. The molecule has 1 amide bonds. The molecule has 0 saturated carbocycles. The second-order valence-corrected chi connectivity index (χ2v) is 5.84. The first kappa shape index (κ1) is 17.0. The minimum atomic E-state index is -0.0918. The number of methoxy groups -OCH3 is 1. The lowest BCUT2D eigenvalue weighted by Crippen LogP contribution is -2.29. The summed E-state index contributed by atoms with van der Waals surface area (Å²) in [4.78, 5) is 17.0. The fraction of sp³-hybridized carbons (Fsp3) is 0.368. The molecule has 122 valence electrons. The van der Waals surface area contributed by atoms with Gasteiger partial charge in [0.05, 0.1) is 18.8 Å². The third-order valence-corrected chi connectivity index (χ3v) is 3.93. The van der Waals surface area contributed by atoms with Gasteiger partial charge >= 0.3 is 0 Å². The van der Waals surface area contributed by atoms with Crippen LogP contribution in [0, 0.1) is 20.8 Å². The number of amides is 1. The molecule has 0 fully saturated rings. The number of carbonyl (C=O) groups excluding carboxylic acids is 1. The van der Waals surface area contributed by atoms with Gasteiger partial charge in [0.25, 0.3) is 5.91 Å². The normalized spacial score (nSPS) is 11.9. The van der Waals surface area contributed by atoms with Crippen molar-refractivity contribution < 1.29 is 9.53 Å². The van der Waals surface area contributed by atoms with E-state index in [1.165, 1.54) is 0 Å². The molecule has 1 atom stereocenters. The predicted molar refractivity (Wildman–Crippen MR) is 91.9 cm³/mol. The van der Waals surface area contributed by atoms with E-state index >= 15 is 0 Å². The summed E-state index contributed by atoms with van der Waals surface area (Å²) in [6, 6.07) is 7.60. The van der Waals surface area contributed by atoms with Gasteiger partial charge in [-0.2, -0.15) is 0 Å². The van der Waals surface area contributed by atoms with Gasteiger partial charge in [0.15, 0.2) is 0 Å². The molecule has 0 aliphatic heterocycles. The van der Waals surface area contributed by atoms with E-state index in [9.17, 15) is 4.79 Å². The Kier molecular flexibility index (Phi) is 5.37. The number of benzene rings is 1. The number of ether oxygens (including phenoxy) is 1. The molecule has 0 aliphatic rings. The summed E-state index contributed by atoms with van der Waals surface area (Å²) in [6.45, 7) is 7.93. The Morgan fingerprint density at radius 1 is 1.22 bits per heavy atom. The molecule has 1 aromatic carbocycles. The molecule has 0 spiro atoms. The van der Waals surface area contributed by atoms with Crippen molar-refractivity contribution in [3.8, 4) is 5.75 Å². The molecule has 0 aliphatic carbocycles. The van der Waals surface area contributed by atoms with Crippen molar-refractivity contribution >= 4 is 5.91 Å². The number of hydrogen-bond acceptors (Lipinski definition) is 3. The summed E-state index contributed by atoms with van der Waals surface area (Å²) in [7, 11) is 1.64. The molecule has 0 radical (unpaired) electrons. The van der Waals surface area contributed by atoms with Gasteiger partial charge in [-0.05, 0) is 62.1 Å². The monoisotopic (exact) mass is 312 g/mol. The predicted octanol–water partition coefficient (Wildman–Crippen LogP) is 3.90. The first-order valence-corrected chi connectivity index (χ1v) is 7.85. The Morgan fingerprint density at radius 3 is 2.35 bits per heavy atom. The molecule has 0 bridgehead atoms. The second kappa shape index (κ2) is 7.27. The number of aryl methyl sites for hydroxylation is 3. The summed E-state index contributed by atoms with van der Waals surface area (Å²) in [5, 5.41) is 3.07. The standard InChI is InChI=1S/C19H24N2O2/c1-6-16(17-8-7-12(2)11-20-17)21-19(22)15-9-13(3)18(23-5)14(4)10-15/h7-11,16H,6H2,1-5H3,(H,21,22)/t16-/m0/s1. The average molecular weight is 312 g/mol. The van der Waals surface area contributed by atoms with E-state index in [4.69, 9.17) is 4.74 Å². The quantitative estimate of drug-likeness (QED) is 0.911. The zero-order valence-corrected chi connectivity index (χ0v) is 14.4. The molecule has 4 heteroatoms. The number of rotatable bonds is 5. The Morgan fingerprint density at radius 2 is 1.87 bits per heavy atom. The Hall–Kier alpha value is -2.36. The van der Waals surface area contributed by atoms with E-state index in [1.54, 1.807) is 7.11 Å². The Bertz CT molecular complexity index is 670. The van der Waals surface area contributed by atoms with Crippen molar-refractivity contribution in [1.82, 2.24) is 10.3 Å². The van der Waals surface area contributed by atoms with Crippen molar-refractivity contribution in [2.75, 3.05) is 7.11 Å². The second-order valence-electron chi connectivity index (χ2n) is 5.84. The summed E-state index contributed by atoms with van der Waals surface area (Å²) in [5.74, 6) is 0.738. The van der Waals surface area contributed by atoms with Crippen LogP contribution in [0.5, 0.6) is 5.75 Å². The van der Waals surface area contributed by atoms with Gasteiger partial charge in [-0.15, -0.1) is 0 Å². The lowest BCUT2D eigenvalue weighted by Gasteiger charge is -2.18. The van der Waals surface area contributed by atoms with Crippen LogP contribution in [0.4, 0.5) is 0 Å². The van der Waals surface area contributed by atoms with Crippen molar-refractivity contribution in [3.05, 3.63) is 58.4 Å². The van der Waals surface area contributed by atoms with E-state index in [0.29, 0.717) is 5.56 Å². The highest BCUT2D eigenvalue weighted by molar-refractivity contribution is 5.95. The number of nitrogens with zero attached hydrogens (tertiary/aromatic N) is 1. The van der Waals surface area contributed by atoms with Crippen molar-refractivity contribution in [2.45, 2.75) is 40.2 Å². The van der Waals surface area contributed by atoms with Crippen molar-refractivity contribution in [2.24, 2.45) is 0 Å².